The minimum Gasteiger partial charge on any atom is -0.259 e. The summed E-state index contributed by atoms with van der Waals surface area (Å²) >= 11 is 0.784. The van der Waals surface area contributed by atoms with E-state index in [2.05, 4.69) is 4.98 Å². The van der Waals surface area contributed by atoms with Gasteiger partial charge in [-0.25, -0.2) is 17.8 Å². The van der Waals surface area contributed by atoms with Crippen molar-refractivity contribution < 1.29 is 21.6 Å². The average Bonchev–Trinajstić information content (AvgIpc) is 2.72. The molecule has 0 spiro atoms. The van der Waals surface area contributed by atoms with Gasteiger partial charge in [-0.05, 0) is 0 Å². The van der Waals surface area contributed by atoms with Crippen LogP contribution in [0.3, 0.4) is 0 Å². The van der Waals surface area contributed by atoms with E-state index >= 15 is 0 Å². The van der Waals surface area contributed by atoms with Crippen molar-refractivity contribution in [2.24, 2.45) is 0 Å². The summed E-state index contributed by atoms with van der Waals surface area (Å²) in [5, 5.41) is 8.42. The first-order valence-electron chi connectivity index (χ1n) is 4.40. The first kappa shape index (κ1) is 14.5. The van der Waals surface area contributed by atoms with Crippen LogP contribution >= 0.6 is 11.3 Å². The Morgan fingerprint density at radius 2 is 2.17 bits per heavy atom. The van der Waals surface area contributed by atoms with Gasteiger partial charge in [-0.3, -0.25) is 4.72 Å². The Hall–Kier alpha value is -1.60. The van der Waals surface area contributed by atoms with Crippen LogP contribution in [0.5, 0.6) is 0 Å². The van der Waals surface area contributed by atoms with Crippen LogP contribution in [0.4, 0.5) is 18.3 Å². The van der Waals surface area contributed by atoms with E-state index in [1.165, 1.54) is 0 Å². The maximum atomic E-state index is 12.4. The Kier molecular flexibility index (Phi) is 4.69. The summed E-state index contributed by atoms with van der Waals surface area (Å²) < 4.78 is 60.6. The molecular weight excluding hydrogens is 291 g/mol. The van der Waals surface area contributed by atoms with Gasteiger partial charge in [0.2, 0.25) is 10.0 Å². The highest BCUT2D eigenvalue weighted by Crippen LogP contribution is 2.19. The lowest BCUT2D eigenvalue weighted by Gasteiger charge is -2.03. The second-order valence-corrected chi connectivity index (χ2v) is 5.85. The number of hydrogen-bond donors (Lipinski definition) is 1. The number of thiazole rings is 1. The van der Waals surface area contributed by atoms with Crippen molar-refractivity contribution in [3.8, 4) is 6.07 Å². The highest BCUT2D eigenvalue weighted by atomic mass is 32.2. The number of allylic oxidation sites excluding steroid dienone is 1. The van der Waals surface area contributed by atoms with E-state index in [0.717, 1.165) is 17.5 Å². The van der Waals surface area contributed by atoms with Gasteiger partial charge in [-0.1, -0.05) is 11.3 Å². The molecule has 0 amide bonds. The predicted octanol–water partition coefficient (Wildman–Crippen LogP) is 2.22. The normalized spacial score (nSPS) is 10.8. The third-order valence-corrected chi connectivity index (χ3v) is 3.85. The molecule has 0 aliphatic rings. The van der Waals surface area contributed by atoms with E-state index < -0.39 is 34.1 Å². The van der Waals surface area contributed by atoms with Gasteiger partial charge in [-0.15, -0.1) is 0 Å². The van der Waals surface area contributed by atoms with E-state index in [4.69, 9.17) is 5.26 Å². The van der Waals surface area contributed by atoms with Crippen molar-refractivity contribution in [1.82, 2.24) is 4.98 Å². The second-order valence-electron chi connectivity index (χ2n) is 2.98. The summed E-state index contributed by atoms with van der Waals surface area (Å²) in [5.74, 6) is -2.60. The molecular formula is C8H6F3N3O2S2. The van der Waals surface area contributed by atoms with Gasteiger partial charge in [0.1, 0.15) is 10.9 Å². The molecule has 18 heavy (non-hydrogen) atoms. The van der Waals surface area contributed by atoms with Gasteiger partial charge in [0.05, 0.1) is 11.9 Å². The molecule has 1 rings (SSSR count). The molecule has 1 heterocycles. The number of anilines is 1. The SMILES string of the molecule is N#Cc1cnc(NS(=O)(=O)CCC(F)=C(F)F)s1. The molecule has 0 aromatic carbocycles. The quantitative estimate of drug-likeness (QED) is 0.903. The molecule has 1 aromatic rings. The molecule has 10 heteroatoms. The van der Waals surface area contributed by atoms with Gasteiger partial charge < -0.3 is 0 Å². The number of rotatable bonds is 5. The Balaban J connectivity index is 2.66. The topological polar surface area (TPSA) is 82.8 Å². The molecule has 0 radical (unpaired) electrons. The Bertz CT molecular complexity index is 599. The zero-order valence-corrected chi connectivity index (χ0v) is 10.3. The lowest BCUT2D eigenvalue weighted by atomic mass is 10.4. The summed E-state index contributed by atoms with van der Waals surface area (Å²) in [6.07, 6.45) is -2.30. The number of nitriles is 1. The van der Waals surface area contributed by atoms with E-state index in [9.17, 15) is 21.6 Å². The molecule has 98 valence electrons. The largest absolute Gasteiger partial charge is 0.301 e. The van der Waals surface area contributed by atoms with Crippen molar-refractivity contribution in [1.29, 1.82) is 5.26 Å². The summed E-state index contributed by atoms with van der Waals surface area (Å²) in [7, 11) is -3.98. The van der Waals surface area contributed by atoms with Crippen LogP contribution in [0.15, 0.2) is 18.1 Å². The van der Waals surface area contributed by atoms with Gasteiger partial charge in [0, 0.05) is 6.42 Å². The molecule has 1 aromatic heterocycles. The molecule has 0 unspecified atom stereocenters. The summed E-state index contributed by atoms with van der Waals surface area (Å²) in [4.78, 5) is 3.77. The number of nitrogens with zero attached hydrogens (tertiary/aromatic N) is 2. The highest BCUT2D eigenvalue weighted by molar-refractivity contribution is 7.92. The van der Waals surface area contributed by atoms with Crippen LogP contribution in [-0.2, 0) is 10.0 Å². The molecule has 0 fully saturated rings. The highest BCUT2D eigenvalue weighted by Gasteiger charge is 2.16. The molecule has 0 saturated carbocycles. The van der Waals surface area contributed by atoms with Crippen molar-refractivity contribution >= 4 is 26.5 Å². The molecule has 0 bridgehead atoms. The molecule has 0 atom stereocenters. The average molecular weight is 297 g/mol. The maximum absolute atomic E-state index is 12.4. The monoisotopic (exact) mass is 297 g/mol. The van der Waals surface area contributed by atoms with E-state index in [1.54, 1.807) is 6.07 Å². The number of nitrogens with one attached hydrogen (secondary N) is 1. The van der Waals surface area contributed by atoms with Crippen molar-refractivity contribution in [2.75, 3.05) is 10.5 Å². The van der Waals surface area contributed by atoms with Crippen LogP contribution < -0.4 is 4.72 Å². The minimum absolute atomic E-state index is 0.0725. The molecule has 1 N–H and O–H groups in total. The van der Waals surface area contributed by atoms with E-state index in [1.807, 2.05) is 4.72 Å². The number of aromatic nitrogens is 1. The Morgan fingerprint density at radius 3 is 2.67 bits per heavy atom. The van der Waals surface area contributed by atoms with Crippen LogP contribution in [0.2, 0.25) is 0 Å². The number of sulfonamides is 1. The van der Waals surface area contributed by atoms with Crippen LogP contribution in [0.25, 0.3) is 0 Å². The second kappa shape index (κ2) is 5.83. The first-order valence-corrected chi connectivity index (χ1v) is 6.87. The number of hydrogen-bond acceptors (Lipinski definition) is 5. The van der Waals surface area contributed by atoms with Gasteiger partial charge in [0.25, 0.3) is 0 Å². The molecule has 0 aliphatic heterocycles. The lowest BCUT2D eigenvalue weighted by molar-refractivity contribution is 0.373. The summed E-state index contributed by atoms with van der Waals surface area (Å²) in [5.41, 5.74) is 0. The standard InChI is InChI=1S/C8H6F3N3O2S2/c9-6(7(10)11)1-2-18(15,16)14-8-13-4-5(3-12)17-8/h4H,1-2H2,(H,13,14). The zero-order chi connectivity index (χ0) is 13.8. The summed E-state index contributed by atoms with van der Waals surface area (Å²) in [6.45, 7) is 0. The third-order valence-electron chi connectivity index (χ3n) is 1.65. The predicted molar refractivity (Wildman–Crippen MR) is 59.2 cm³/mol. The molecule has 0 saturated heterocycles. The van der Waals surface area contributed by atoms with Crippen molar-refractivity contribution in [3.63, 3.8) is 0 Å². The fourth-order valence-electron chi connectivity index (χ4n) is 0.876. The smallest absolute Gasteiger partial charge is 0.259 e. The Labute approximate surface area is 105 Å². The Morgan fingerprint density at radius 1 is 1.50 bits per heavy atom. The van der Waals surface area contributed by atoms with Gasteiger partial charge in [0.15, 0.2) is 11.0 Å². The summed E-state index contributed by atoms with van der Waals surface area (Å²) in [6, 6.07) is 1.75. The third kappa shape index (κ3) is 4.34. The fourth-order valence-corrected chi connectivity index (χ4v) is 2.76. The minimum atomic E-state index is -3.98. The van der Waals surface area contributed by atoms with E-state index in [-0.39, 0.29) is 10.0 Å². The van der Waals surface area contributed by atoms with Gasteiger partial charge >= 0.3 is 6.08 Å². The maximum Gasteiger partial charge on any atom is 0.301 e. The molecule has 5 nitrogen and oxygen atoms in total. The van der Waals surface area contributed by atoms with Gasteiger partial charge in [-0.2, -0.15) is 14.0 Å². The van der Waals surface area contributed by atoms with E-state index in [0.29, 0.717) is 0 Å². The number of halogens is 3. The van der Waals surface area contributed by atoms with Crippen LogP contribution in [0, 0.1) is 11.3 Å². The first-order chi connectivity index (χ1) is 8.34. The van der Waals surface area contributed by atoms with Crippen LogP contribution in [0.1, 0.15) is 11.3 Å². The lowest BCUT2D eigenvalue weighted by Crippen LogP contribution is -2.16. The van der Waals surface area contributed by atoms with Crippen molar-refractivity contribution in [3.05, 3.63) is 23.0 Å². The van der Waals surface area contributed by atoms with Crippen LogP contribution in [-0.4, -0.2) is 19.2 Å². The van der Waals surface area contributed by atoms with Crippen molar-refractivity contribution in [2.45, 2.75) is 6.42 Å². The zero-order valence-electron chi connectivity index (χ0n) is 8.65. The molecule has 0 aliphatic carbocycles. The fraction of sp³-hybridized carbons (Fsp3) is 0.250.